The van der Waals surface area contributed by atoms with E-state index < -0.39 is 0 Å². The molecule has 2 heterocycles. The average molecular weight is 348 g/mol. The lowest BCUT2D eigenvalue weighted by molar-refractivity contribution is 0.532. The van der Waals surface area contributed by atoms with Crippen LogP contribution < -0.4 is 11.3 Å². The number of nitrogens with two attached hydrogens (primary N) is 1. The van der Waals surface area contributed by atoms with Crippen molar-refractivity contribution in [3.63, 3.8) is 0 Å². The minimum atomic E-state index is -0.184. The highest BCUT2D eigenvalue weighted by Crippen LogP contribution is 2.48. The van der Waals surface area contributed by atoms with Crippen LogP contribution in [0.15, 0.2) is 58.4 Å². The van der Waals surface area contributed by atoms with Gasteiger partial charge in [0.25, 0.3) is 5.56 Å². The Kier molecular flexibility index (Phi) is 3.50. The van der Waals surface area contributed by atoms with Gasteiger partial charge in [-0.05, 0) is 52.6 Å². The Morgan fingerprint density at radius 1 is 1.08 bits per heavy atom. The van der Waals surface area contributed by atoms with Gasteiger partial charge in [-0.1, -0.05) is 42.5 Å². The number of rotatable bonds is 3. The van der Waals surface area contributed by atoms with Crippen molar-refractivity contribution in [2.75, 3.05) is 5.75 Å². The minimum Gasteiger partial charge on any atom is -0.310 e. The molecule has 0 bridgehead atoms. The Bertz CT molecular complexity index is 1030. The van der Waals surface area contributed by atoms with E-state index in [1.807, 2.05) is 10.6 Å². The first-order valence-corrected chi connectivity index (χ1v) is 9.84. The van der Waals surface area contributed by atoms with Crippen molar-refractivity contribution in [2.24, 2.45) is 5.73 Å². The Balaban J connectivity index is 1.67. The molecule has 3 aromatic rings. The molecule has 25 heavy (non-hydrogen) atoms. The largest absolute Gasteiger partial charge is 0.310 e. The fourth-order valence-corrected chi connectivity index (χ4v) is 5.27. The Labute approximate surface area is 150 Å². The van der Waals surface area contributed by atoms with E-state index in [0.29, 0.717) is 5.92 Å². The average Bonchev–Trinajstić information content (AvgIpc) is 3.37. The van der Waals surface area contributed by atoms with Crippen LogP contribution in [0.4, 0.5) is 0 Å². The van der Waals surface area contributed by atoms with Gasteiger partial charge in [-0.15, -0.1) is 11.8 Å². The number of aromatic nitrogens is 1. The highest BCUT2D eigenvalue weighted by atomic mass is 32.2. The Hall–Kier alpha value is -2.04. The molecule has 1 atom stereocenters. The fraction of sp³-hybridized carbons (Fsp3) is 0.286. The van der Waals surface area contributed by atoms with Crippen LogP contribution in [0.25, 0.3) is 10.8 Å². The van der Waals surface area contributed by atoms with Crippen LogP contribution in [0.3, 0.4) is 0 Å². The van der Waals surface area contributed by atoms with Gasteiger partial charge in [0.2, 0.25) is 0 Å². The standard InChI is InChI=1S/C21H20N2OS/c22-18-12-25-21-20(14-8-9-14)16(11-19(24)23(18)21)10-15-6-3-5-13-4-1-2-7-17(13)15/h1-7,11,14,18H,8-10,12,22H2. The van der Waals surface area contributed by atoms with E-state index in [4.69, 9.17) is 5.73 Å². The predicted octanol–water partition coefficient (Wildman–Crippen LogP) is 4.03. The quantitative estimate of drug-likeness (QED) is 0.777. The van der Waals surface area contributed by atoms with Gasteiger partial charge < -0.3 is 5.73 Å². The zero-order chi connectivity index (χ0) is 17.0. The molecule has 1 saturated carbocycles. The summed E-state index contributed by atoms with van der Waals surface area (Å²) in [6.07, 6.45) is 3.08. The number of hydrogen-bond acceptors (Lipinski definition) is 3. The smallest absolute Gasteiger partial charge is 0.253 e. The van der Waals surface area contributed by atoms with Gasteiger partial charge in [-0.3, -0.25) is 9.36 Å². The Morgan fingerprint density at radius 2 is 1.88 bits per heavy atom. The highest BCUT2D eigenvalue weighted by molar-refractivity contribution is 7.99. The van der Waals surface area contributed by atoms with E-state index in [1.165, 1.54) is 40.3 Å². The topological polar surface area (TPSA) is 48.0 Å². The van der Waals surface area contributed by atoms with Crippen LogP contribution in [0.5, 0.6) is 0 Å². The molecule has 2 N–H and O–H groups in total. The van der Waals surface area contributed by atoms with Crippen molar-refractivity contribution < 1.29 is 0 Å². The lowest BCUT2D eigenvalue weighted by Gasteiger charge is -2.16. The SMILES string of the molecule is NC1CSc2c(C3CC3)c(Cc3cccc4ccccc34)cc(=O)n21. The van der Waals surface area contributed by atoms with E-state index in [-0.39, 0.29) is 11.7 Å². The second-order valence-electron chi connectivity index (χ2n) is 7.06. The normalized spacial score (nSPS) is 19.3. The van der Waals surface area contributed by atoms with Gasteiger partial charge in [0, 0.05) is 11.8 Å². The maximum atomic E-state index is 12.7. The molecule has 0 amide bonds. The van der Waals surface area contributed by atoms with Gasteiger partial charge in [0.15, 0.2) is 0 Å². The molecule has 4 heteroatoms. The summed E-state index contributed by atoms with van der Waals surface area (Å²) in [6.45, 7) is 0. The second-order valence-corrected chi connectivity index (χ2v) is 8.07. The molecular formula is C21H20N2OS. The molecule has 1 unspecified atom stereocenters. The molecule has 0 spiro atoms. The molecule has 2 aromatic carbocycles. The fourth-order valence-electron chi connectivity index (χ4n) is 3.97. The Morgan fingerprint density at radius 3 is 2.72 bits per heavy atom. The summed E-state index contributed by atoms with van der Waals surface area (Å²) < 4.78 is 1.81. The zero-order valence-corrected chi connectivity index (χ0v) is 14.8. The van der Waals surface area contributed by atoms with Crippen LogP contribution in [0, 0.1) is 0 Å². The number of thioether (sulfide) groups is 1. The third kappa shape index (κ3) is 2.52. The maximum absolute atomic E-state index is 12.7. The van der Waals surface area contributed by atoms with E-state index in [0.717, 1.165) is 17.2 Å². The van der Waals surface area contributed by atoms with E-state index in [9.17, 15) is 4.79 Å². The number of pyridine rings is 1. The number of benzene rings is 2. The summed E-state index contributed by atoms with van der Waals surface area (Å²) in [7, 11) is 0. The number of hydrogen-bond donors (Lipinski definition) is 1. The van der Waals surface area contributed by atoms with Crippen molar-refractivity contribution in [1.82, 2.24) is 4.57 Å². The van der Waals surface area contributed by atoms with Gasteiger partial charge in [-0.25, -0.2) is 0 Å². The molecule has 0 saturated heterocycles. The van der Waals surface area contributed by atoms with Gasteiger partial charge in [-0.2, -0.15) is 0 Å². The summed E-state index contributed by atoms with van der Waals surface area (Å²) in [5.41, 5.74) is 10.1. The molecule has 0 radical (unpaired) electrons. The zero-order valence-electron chi connectivity index (χ0n) is 13.9. The van der Waals surface area contributed by atoms with Crippen molar-refractivity contribution in [3.8, 4) is 0 Å². The summed E-state index contributed by atoms with van der Waals surface area (Å²) in [4.78, 5) is 12.7. The van der Waals surface area contributed by atoms with Crippen molar-refractivity contribution in [2.45, 2.75) is 36.4 Å². The first-order chi connectivity index (χ1) is 12.2. The molecular weight excluding hydrogens is 328 g/mol. The molecule has 1 aliphatic heterocycles. The number of nitrogens with zero attached hydrogens (tertiary/aromatic N) is 1. The second kappa shape index (κ2) is 5.75. The summed E-state index contributed by atoms with van der Waals surface area (Å²) in [5, 5.41) is 3.65. The lowest BCUT2D eigenvalue weighted by Crippen LogP contribution is -2.29. The van der Waals surface area contributed by atoms with Gasteiger partial charge >= 0.3 is 0 Å². The lowest BCUT2D eigenvalue weighted by atomic mass is 9.95. The van der Waals surface area contributed by atoms with Crippen molar-refractivity contribution in [3.05, 3.63) is 75.6 Å². The molecule has 5 rings (SSSR count). The minimum absolute atomic E-state index is 0.0483. The maximum Gasteiger partial charge on any atom is 0.253 e. The van der Waals surface area contributed by atoms with E-state index in [2.05, 4.69) is 42.5 Å². The molecule has 2 aliphatic rings. The first-order valence-electron chi connectivity index (χ1n) is 8.85. The predicted molar refractivity (Wildman–Crippen MR) is 103 cm³/mol. The van der Waals surface area contributed by atoms with Crippen LogP contribution in [0.1, 0.15) is 41.6 Å². The third-order valence-corrected chi connectivity index (χ3v) is 6.50. The van der Waals surface area contributed by atoms with E-state index in [1.54, 1.807) is 11.8 Å². The molecule has 3 nitrogen and oxygen atoms in total. The summed E-state index contributed by atoms with van der Waals surface area (Å²) >= 11 is 1.75. The summed E-state index contributed by atoms with van der Waals surface area (Å²) in [5.74, 6) is 1.40. The van der Waals surface area contributed by atoms with Crippen LogP contribution in [0.2, 0.25) is 0 Å². The molecule has 1 fully saturated rings. The van der Waals surface area contributed by atoms with Gasteiger partial charge in [0.05, 0.1) is 11.2 Å². The highest BCUT2D eigenvalue weighted by Gasteiger charge is 2.34. The van der Waals surface area contributed by atoms with Crippen LogP contribution >= 0.6 is 11.8 Å². The van der Waals surface area contributed by atoms with Crippen LogP contribution in [-0.2, 0) is 6.42 Å². The summed E-state index contributed by atoms with van der Waals surface area (Å²) in [6, 6.07) is 16.8. The molecule has 126 valence electrons. The molecule has 1 aromatic heterocycles. The third-order valence-electron chi connectivity index (χ3n) is 5.30. The molecule has 1 aliphatic carbocycles. The monoisotopic (exact) mass is 348 g/mol. The van der Waals surface area contributed by atoms with Crippen LogP contribution in [-0.4, -0.2) is 10.3 Å². The first kappa shape index (κ1) is 15.2. The van der Waals surface area contributed by atoms with Gasteiger partial charge in [0.1, 0.15) is 0 Å². The number of fused-ring (bicyclic) bond motifs is 2. The van der Waals surface area contributed by atoms with Crippen molar-refractivity contribution >= 4 is 22.5 Å². The van der Waals surface area contributed by atoms with E-state index >= 15 is 0 Å². The van der Waals surface area contributed by atoms with Crippen molar-refractivity contribution in [1.29, 1.82) is 0 Å².